The first-order valence-electron chi connectivity index (χ1n) is 4.28. The van der Waals surface area contributed by atoms with Crippen molar-refractivity contribution in [2.24, 2.45) is 11.8 Å². The van der Waals surface area contributed by atoms with Crippen LogP contribution in [0.15, 0.2) is 0 Å². The van der Waals surface area contributed by atoms with Gasteiger partial charge in [-0.2, -0.15) is 0 Å². The van der Waals surface area contributed by atoms with Gasteiger partial charge >= 0.3 is 0 Å². The van der Waals surface area contributed by atoms with E-state index in [4.69, 9.17) is 11.6 Å². The van der Waals surface area contributed by atoms with Crippen molar-refractivity contribution in [2.45, 2.75) is 44.6 Å². The Balaban J connectivity index is 2.60. The molecule has 0 spiro atoms. The minimum atomic E-state index is -0.246. The summed E-state index contributed by atoms with van der Waals surface area (Å²) in [6, 6.07) is 0. The smallest absolute Gasteiger partial charge is 0.0587 e. The molecule has 3 atom stereocenters. The Bertz CT molecular complexity index is 139. The fourth-order valence-electron chi connectivity index (χ4n) is 2.00. The molecule has 0 bridgehead atoms. The molecule has 66 valence electrons. The highest BCUT2D eigenvalue weighted by atomic mass is 35.5. The van der Waals surface area contributed by atoms with Gasteiger partial charge in [0, 0.05) is 10.8 Å². The van der Waals surface area contributed by atoms with Crippen molar-refractivity contribution in [1.82, 2.24) is 0 Å². The molecule has 0 amide bonds. The van der Waals surface area contributed by atoms with E-state index < -0.39 is 0 Å². The topological polar surface area (TPSA) is 20.2 Å². The van der Waals surface area contributed by atoms with Crippen molar-refractivity contribution in [1.29, 1.82) is 0 Å². The molecule has 1 saturated carbocycles. The monoisotopic (exact) mass is 176 g/mol. The minimum Gasteiger partial charge on any atom is -0.393 e. The summed E-state index contributed by atoms with van der Waals surface area (Å²) >= 11 is 6.14. The van der Waals surface area contributed by atoms with E-state index in [2.05, 4.69) is 6.92 Å². The highest BCUT2D eigenvalue weighted by Crippen LogP contribution is 2.40. The zero-order chi connectivity index (χ0) is 8.65. The van der Waals surface area contributed by atoms with Gasteiger partial charge in [-0.1, -0.05) is 6.92 Å². The van der Waals surface area contributed by atoms with E-state index >= 15 is 0 Å². The van der Waals surface area contributed by atoms with Crippen molar-refractivity contribution < 1.29 is 5.11 Å². The zero-order valence-electron chi connectivity index (χ0n) is 7.47. The number of alkyl halides is 1. The van der Waals surface area contributed by atoms with Crippen molar-refractivity contribution >= 4 is 11.6 Å². The summed E-state index contributed by atoms with van der Waals surface area (Å²) < 4.78 is 0. The van der Waals surface area contributed by atoms with Crippen LogP contribution in [-0.4, -0.2) is 16.1 Å². The van der Waals surface area contributed by atoms with E-state index in [1.807, 2.05) is 13.8 Å². The number of halogens is 1. The van der Waals surface area contributed by atoms with Gasteiger partial charge in [-0.05, 0) is 32.6 Å². The average Bonchev–Trinajstić information content (AvgIpc) is 2.08. The van der Waals surface area contributed by atoms with E-state index in [1.54, 1.807) is 0 Å². The molecular weight excluding hydrogens is 160 g/mol. The van der Waals surface area contributed by atoms with Crippen LogP contribution >= 0.6 is 11.6 Å². The maximum Gasteiger partial charge on any atom is 0.0587 e. The van der Waals surface area contributed by atoms with Crippen molar-refractivity contribution in [3.8, 4) is 0 Å². The molecular formula is C9H17ClO. The van der Waals surface area contributed by atoms with Crippen LogP contribution in [0, 0.1) is 11.8 Å². The lowest BCUT2D eigenvalue weighted by atomic mass is 9.91. The Morgan fingerprint density at radius 1 is 1.36 bits per heavy atom. The first-order chi connectivity index (χ1) is 4.91. The van der Waals surface area contributed by atoms with Crippen LogP contribution in [0.4, 0.5) is 0 Å². The largest absolute Gasteiger partial charge is 0.393 e. The summed E-state index contributed by atoms with van der Waals surface area (Å²) in [6.07, 6.45) is 1.80. The molecule has 2 heteroatoms. The zero-order valence-corrected chi connectivity index (χ0v) is 8.23. The predicted octanol–water partition coefficient (Wildman–Crippen LogP) is 2.41. The van der Waals surface area contributed by atoms with Gasteiger partial charge in [-0.15, -0.1) is 11.6 Å². The lowest BCUT2D eigenvalue weighted by Gasteiger charge is -2.27. The molecule has 1 fully saturated rings. The Morgan fingerprint density at radius 3 is 2.09 bits per heavy atom. The van der Waals surface area contributed by atoms with Crippen LogP contribution < -0.4 is 0 Å². The number of hydrogen-bond donors (Lipinski definition) is 1. The maximum atomic E-state index is 9.61. The second kappa shape index (κ2) is 2.95. The molecule has 1 aliphatic rings. The maximum absolute atomic E-state index is 9.61. The lowest BCUT2D eigenvalue weighted by molar-refractivity contribution is 0.115. The SMILES string of the molecule is C[C@@H]1CC(C(C)(C)Cl)[C@@H](O)C1. The fourth-order valence-corrected chi connectivity index (χ4v) is 2.24. The second-order valence-corrected chi connectivity index (χ2v) is 5.29. The van der Waals surface area contributed by atoms with Gasteiger partial charge in [0.25, 0.3) is 0 Å². The third kappa shape index (κ3) is 2.09. The Hall–Kier alpha value is 0.250. The molecule has 1 nitrogen and oxygen atoms in total. The van der Waals surface area contributed by atoms with Gasteiger partial charge in [0.1, 0.15) is 0 Å². The van der Waals surface area contributed by atoms with Crippen molar-refractivity contribution in [3.63, 3.8) is 0 Å². The quantitative estimate of drug-likeness (QED) is 0.609. The molecule has 1 unspecified atom stereocenters. The van der Waals surface area contributed by atoms with Crippen LogP contribution in [-0.2, 0) is 0 Å². The van der Waals surface area contributed by atoms with Gasteiger partial charge in [-0.25, -0.2) is 0 Å². The average molecular weight is 177 g/mol. The molecule has 0 aromatic rings. The molecule has 0 aromatic heterocycles. The molecule has 1 aliphatic carbocycles. The van der Waals surface area contributed by atoms with Gasteiger partial charge in [-0.3, -0.25) is 0 Å². The first kappa shape index (κ1) is 9.34. The van der Waals surface area contributed by atoms with E-state index in [0.29, 0.717) is 5.92 Å². The van der Waals surface area contributed by atoms with Crippen LogP contribution in [0.25, 0.3) is 0 Å². The third-order valence-corrected chi connectivity index (χ3v) is 2.93. The summed E-state index contributed by atoms with van der Waals surface area (Å²) in [7, 11) is 0. The molecule has 11 heavy (non-hydrogen) atoms. The normalized spacial score (nSPS) is 39.5. The lowest BCUT2D eigenvalue weighted by Crippen LogP contribution is -2.30. The van der Waals surface area contributed by atoms with Gasteiger partial charge in [0.15, 0.2) is 0 Å². The molecule has 1 N–H and O–H groups in total. The Labute approximate surface area is 73.8 Å². The first-order valence-corrected chi connectivity index (χ1v) is 4.66. The van der Waals surface area contributed by atoms with E-state index in [0.717, 1.165) is 12.8 Å². The van der Waals surface area contributed by atoms with E-state index in [-0.39, 0.29) is 16.9 Å². The number of rotatable bonds is 1. The van der Waals surface area contributed by atoms with E-state index in [1.165, 1.54) is 0 Å². The predicted molar refractivity (Wildman–Crippen MR) is 47.8 cm³/mol. The molecule has 0 aromatic carbocycles. The third-order valence-electron chi connectivity index (χ3n) is 2.65. The van der Waals surface area contributed by atoms with Crippen LogP contribution in [0.1, 0.15) is 33.6 Å². The highest BCUT2D eigenvalue weighted by molar-refractivity contribution is 6.23. The Kier molecular flexibility index (Phi) is 2.50. The second-order valence-electron chi connectivity index (χ2n) is 4.31. The fraction of sp³-hybridized carbons (Fsp3) is 1.00. The summed E-state index contributed by atoms with van der Waals surface area (Å²) in [5.41, 5.74) is 0. The van der Waals surface area contributed by atoms with Gasteiger partial charge in [0.05, 0.1) is 6.10 Å². The minimum absolute atomic E-state index is 0.183. The van der Waals surface area contributed by atoms with Crippen LogP contribution in [0.3, 0.4) is 0 Å². The molecule has 0 aliphatic heterocycles. The number of aliphatic hydroxyl groups is 1. The summed E-state index contributed by atoms with van der Waals surface area (Å²) in [5.74, 6) is 0.909. The molecule has 0 heterocycles. The standard InChI is InChI=1S/C9H17ClO/c1-6-4-7(8(11)5-6)9(2,3)10/h6-8,11H,4-5H2,1-3H3/t6-,7?,8+/m1/s1. The van der Waals surface area contributed by atoms with Crippen LogP contribution in [0.2, 0.25) is 0 Å². The molecule has 0 radical (unpaired) electrons. The summed E-state index contributed by atoms with van der Waals surface area (Å²) in [4.78, 5) is -0.246. The molecule has 1 rings (SSSR count). The van der Waals surface area contributed by atoms with Gasteiger partial charge in [0.2, 0.25) is 0 Å². The summed E-state index contributed by atoms with van der Waals surface area (Å²) in [6.45, 7) is 6.15. The number of aliphatic hydroxyl groups excluding tert-OH is 1. The van der Waals surface area contributed by atoms with Crippen LogP contribution in [0.5, 0.6) is 0 Å². The number of hydrogen-bond acceptors (Lipinski definition) is 1. The highest BCUT2D eigenvalue weighted by Gasteiger charge is 2.39. The van der Waals surface area contributed by atoms with Gasteiger partial charge < -0.3 is 5.11 Å². The summed E-state index contributed by atoms with van der Waals surface area (Å²) in [5, 5.41) is 9.61. The van der Waals surface area contributed by atoms with Crippen molar-refractivity contribution in [3.05, 3.63) is 0 Å². The van der Waals surface area contributed by atoms with E-state index in [9.17, 15) is 5.11 Å². The van der Waals surface area contributed by atoms with Crippen molar-refractivity contribution in [2.75, 3.05) is 0 Å². The molecule has 0 saturated heterocycles. The Morgan fingerprint density at radius 2 is 1.91 bits per heavy atom.